The fourth-order valence-electron chi connectivity index (χ4n) is 0.818. The molecule has 0 saturated heterocycles. The number of aliphatic carboxylic acids is 2. The molecule has 2 atom stereocenters. The summed E-state index contributed by atoms with van der Waals surface area (Å²) in [7, 11) is 0. The number of rotatable bonds is 6. The van der Waals surface area contributed by atoms with Crippen molar-refractivity contribution in [3.05, 3.63) is 0 Å². The smallest absolute Gasteiger partial charge is 0.326 e. The molecule has 86 valence electrons. The quantitative estimate of drug-likeness (QED) is 0.445. The molecule has 7 nitrogen and oxygen atoms in total. The fraction of sp³-hybridized carbons (Fsp3) is 0.625. The van der Waals surface area contributed by atoms with Crippen LogP contribution in [-0.4, -0.2) is 45.3 Å². The average Bonchev–Trinajstić information content (AvgIpc) is 2.10. The van der Waals surface area contributed by atoms with E-state index in [2.05, 4.69) is 0 Å². The summed E-state index contributed by atoms with van der Waals surface area (Å²) >= 11 is 0. The molecule has 0 aliphatic carbocycles. The van der Waals surface area contributed by atoms with Gasteiger partial charge in [0.2, 0.25) is 5.91 Å². The van der Waals surface area contributed by atoms with Crippen LogP contribution in [0.25, 0.3) is 0 Å². The summed E-state index contributed by atoms with van der Waals surface area (Å²) in [5.74, 6) is -3.31. The van der Waals surface area contributed by atoms with Crippen molar-refractivity contribution in [2.24, 2.45) is 0 Å². The molecule has 4 N–H and O–H groups in total. The maximum atomic E-state index is 10.9. The third-order valence-electron chi connectivity index (χ3n) is 1.64. The summed E-state index contributed by atoms with van der Waals surface area (Å²) in [6.45, 7) is 1.19. The molecule has 0 radical (unpaired) electrons. The highest BCUT2D eigenvalue weighted by atomic mass is 16.4. The number of aliphatic hydroxyl groups excluding tert-OH is 1. The van der Waals surface area contributed by atoms with Gasteiger partial charge in [0.05, 0.1) is 0 Å². The summed E-state index contributed by atoms with van der Waals surface area (Å²) in [5.41, 5.74) is 0. The van der Waals surface area contributed by atoms with E-state index in [-0.39, 0.29) is 12.8 Å². The number of nitrogens with one attached hydrogen (secondary N) is 1. The van der Waals surface area contributed by atoms with Gasteiger partial charge in [0, 0.05) is 6.42 Å². The third-order valence-corrected chi connectivity index (χ3v) is 1.64. The average molecular weight is 219 g/mol. The zero-order valence-corrected chi connectivity index (χ0v) is 8.14. The van der Waals surface area contributed by atoms with E-state index in [1.807, 2.05) is 5.32 Å². The Balaban J connectivity index is 4.22. The number of hydrogen-bond acceptors (Lipinski definition) is 4. The molecule has 0 heterocycles. The van der Waals surface area contributed by atoms with Gasteiger partial charge in [0.1, 0.15) is 12.1 Å². The molecule has 15 heavy (non-hydrogen) atoms. The van der Waals surface area contributed by atoms with E-state index in [4.69, 9.17) is 15.3 Å². The third kappa shape index (κ3) is 5.63. The Hall–Kier alpha value is -1.63. The molecule has 0 saturated carbocycles. The van der Waals surface area contributed by atoms with Crippen molar-refractivity contribution in [1.82, 2.24) is 5.32 Å². The Labute approximate surface area is 85.7 Å². The summed E-state index contributed by atoms with van der Waals surface area (Å²) in [5, 5.41) is 27.8. The molecule has 0 aromatic heterocycles. The predicted molar refractivity (Wildman–Crippen MR) is 48.1 cm³/mol. The van der Waals surface area contributed by atoms with Gasteiger partial charge in [-0.15, -0.1) is 0 Å². The lowest BCUT2D eigenvalue weighted by atomic mass is 10.1. The maximum Gasteiger partial charge on any atom is 0.326 e. The molecule has 2 unspecified atom stereocenters. The number of carbonyl (C=O) groups is 3. The summed E-state index contributed by atoms with van der Waals surface area (Å²) in [4.78, 5) is 31.7. The van der Waals surface area contributed by atoms with E-state index in [1.165, 1.54) is 6.92 Å². The van der Waals surface area contributed by atoms with Gasteiger partial charge in [-0.25, -0.2) is 4.79 Å². The molecular formula is C8H13NO6. The van der Waals surface area contributed by atoms with E-state index in [0.29, 0.717) is 0 Å². The van der Waals surface area contributed by atoms with Gasteiger partial charge in [0.25, 0.3) is 0 Å². The molecule has 0 bridgehead atoms. The number of carboxylic acid groups (broad SMARTS) is 2. The van der Waals surface area contributed by atoms with Crippen LogP contribution >= 0.6 is 0 Å². The van der Waals surface area contributed by atoms with Gasteiger partial charge in [-0.1, -0.05) is 0 Å². The Kier molecular flexibility index (Phi) is 5.32. The normalized spacial score (nSPS) is 14.0. The first-order valence-corrected chi connectivity index (χ1v) is 4.27. The highest BCUT2D eigenvalue weighted by Gasteiger charge is 2.22. The van der Waals surface area contributed by atoms with Gasteiger partial charge in [0.15, 0.2) is 0 Å². The van der Waals surface area contributed by atoms with Crippen LogP contribution in [0.4, 0.5) is 0 Å². The van der Waals surface area contributed by atoms with Crippen molar-refractivity contribution in [3.8, 4) is 0 Å². The number of aliphatic hydroxyl groups is 1. The molecular weight excluding hydrogens is 206 g/mol. The topological polar surface area (TPSA) is 124 Å². The molecule has 1 amide bonds. The van der Waals surface area contributed by atoms with Crippen LogP contribution in [0.5, 0.6) is 0 Å². The lowest BCUT2D eigenvalue weighted by Crippen LogP contribution is -2.44. The molecule has 0 aliphatic rings. The van der Waals surface area contributed by atoms with Crippen molar-refractivity contribution in [3.63, 3.8) is 0 Å². The zero-order chi connectivity index (χ0) is 12.0. The Morgan fingerprint density at radius 1 is 1.27 bits per heavy atom. The van der Waals surface area contributed by atoms with Gasteiger partial charge >= 0.3 is 11.9 Å². The number of carbonyl (C=O) groups excluding carboxylic acids is 1. The first kappa shape index (κ1) is 13.4. The zero-order valence-electron chi connectivity index (χ0n) is 8.14. The summed E-state index contributed by atoms with van der Waals surface area (Å²) in [6.07, 6.45) is -1.91. The molecule has 0 aliphatic heterocycles. The minimum atomic E-state index is -1.33. The van der Waals surface area contributed by atoms with Gasteiger partial charge < -0.3 is 20.6 Å². The van der Waals surface area contributed by atoms with Crippen LogP contribution in [0.15, 0.2) is 0 Å². The van der Waals surface area contributed by atoms with E-state index < -0.39 is 30.0 Å². The molecule has 7 heteroatoms. The Bertz CT molecular complexity index is 262. The first-order valence-electron chi connectivity index (χ1n) is 4.27. The minimum Gasteiger partial charge on any atom is -0.481 e. The predicted octanol–water partition coefficient (Wildman–Crippen LogP) is -1.20. The minimum absolute atomic E-state index is 0.219. The second-order valence-electron chi connectivity index (χ2n) is 3.01. The van der Waals surface area contributed by atoms with Crippen LogP contribution < -0.4 is 5.32 Å². The first-order chi connectivity index (χ1) is 6.84. The molecule has 0 spiro atoms. The molecule has 0 aromatic carbocycles. The fourth-order valence-corrected chi connectivity index (χ4v) is 0.818. The second-order valence-corrected chi connectivity index (χ2v) is 3.01. The van der Waals surface area contributed by atoms with Crippen LogP contribution in [0.2, 0.25) is 0 Å². The number of hydrogen-bond donors (Lipinski definition) is 4. The van der Waals surface area contributed by atoms with Crippen LogP contribution in [0.1, 0.15) is 19.8 Å². The van der Waals surface area contributed by atoms with Gasteiger partial charge in [-0.3, -0.25) is 9.59 Å². The highest BCUT2D eigenvalue weighted by molar-refractivity contribution is 5.86. The van der Waals surface area contributed by atoms with Crippen molar-refractivity contribution >= 4 is 17.8 Å². The van der Waals surface area contributed by atoms with Crippen LogP contribution in [-0.2, 0) is 14.4 Å². The monoisotopic (exact) mass is 219 g/mol. The van der Waals surface area contributed by atoms with Crippen LogP contribution in [0, 0.1) is 0 Å². The van der Waals surface area contributed by atoms with E-state index in [9.17, 15) is 14.4 Å². The molecule has 0 aromatic rings. The second kappa shape index (κ2) is 5.97. The van der Waals surface area contributed by atoms with Crippen LogP contribution in [0.3, 0.4) is 0 Å². The standard InChI is InChI=1S/C8H13NO6/c1-4(10)7(13)9-5(8(14)15)2-3-6(11)12/h4-5,10H,2-3H2,1H3,(H,9,13)(H,11,12)(H,14,15). The van der Waals surface area contributed by atoms with Crippen molar-refractivity contribution in [2.45, 2.75) is 31.9 Å². The van der Waals surface area contributed by atoms with E-state index in [1.54, 1.807) is 0 Å². The number of carboxylic acids is 2. The Morgan fingerprint density at radius 3 is 2.13 bits per heavy atom. The number of amides is 1. The SMILES string of the molecule is CC(O)C(=O)NC(CCC(=O)O)C(=O)O. The van der Waals surface area contributed by atoms with Gasteiger partial charge in [-0.2, -0.15) is 0 Å². The van der Waals surface area contributed by atoms with Crippen molar-refractivity contribution in [2.75, 3.05) is 0 Å². The summed E-state index contributed by atoms with van der Waals surface area (Å²) < 4.78 is 0. The van der Waals surface area contributed by atoms with E-state index >= 15 is 0 Å². The highest BCUT2D eigenvalue weighted by Crippen LogP contribution is 1.98. The largest absolute Gasteiger partial charge is 0.481 e. The molecule has 0 rings (SSSR count). The van der Waals surface area contributed by atoms with Crippen molar-refractivity contribution < 1.29 is 29.7 Å². The van der Waals surface area contributed by atoms with Crippen molar-refractivity contribution in [1.29, 1.82) is 0 Å². The lowest BCUT2D eigenvalue weighted by Gasteiger charge is -2.14. The van der Waals surface area contributed by atoms with E-state index in [0.717, 1.165) is 0 Å². The Morgan fingerprint density at radius 2 is 1.80 bits per heavy atom. The maximum absolute atomic E-state index is 10.9. The van der Waals surface area contributed by atoms with Gasteiger partial charge in [-0.05, 0) is 13.3 Å². The summed E-state index contributed by atoms with van der Waals surface area (Å²) in [6, 6.07) is -1.29. The molecule has 0 fully saturated rings. The lowest BCUT2D eigenvalue weighted by molar-refractivity contribution is -0.144.